The van der Waals surface area contributed by atoms with Gasteiger partial charge in [0, 0.05) is 16.0 Å². The summed E-state index contributed by atoms with van der Waals surface area (Å²) in [6.45, 7) is 5.56. The van der Waals surface area contributed by atoms with Crippen LogP contribution in [0.15, 0.2) is 89.4 Å². The molecule has 0 spiro atoms. The number of aromatic hydroxyl groups is 1. The molecular weight excluding hydrogens is 636 g/mol. The van der Waals surface area contributed by atoms with E-state index in [9.17, 15) is 24.3 Å². The van der Waals surface area contributed by atoms with Crippen LogP contribution in [0.5, 0.6) is 11.5 Å². The minimum atomic E-state index is -1.28. The van der Waals surface area contributed by atoms with E-state index in [4.69, 9.17) is 4.74 Å². The van der Waals surface area contributed by atoms with Crippen molar-refractivity contribution in [3.8, 4) is 11.5 Å². The zero-order valence-corrected chi connectivity index (χ0v) is 26.4. The molecule has 4 aliphatic rings. The van der Waals surface area contributed by atoms with Crippen LogP contribution in [0.2, 0.25) is 0 Å². The average molecular weight is 668 g/mol. The molecule has 9 heteroatoms. The maximum Gasteiger partial charge on any atom is 0.241 e. The molecule has 0 unspecified atom stereocenters. The van der Waals surface area contributed by atoms with Crippen LogP contribution < -0.4 is 14.5 Å². The Balaban J connectivity index is 1.39. The van der Waals surface area contributed by atoms with Crippen molar-refractivity contribution < 1.29 is 29.0 Å². The monoisotopic (exact) mass is 666 g/mol. The van der Waals surface area contributed by atoms with E-state index in [-0.39, 0.29) is 41.5 Å². The number of nitrogens with zero attached hydrogens (tertiary/aromatic N) is 2. The number of hydrogen-bond acceptors (Lipinski definition) is 6. The third kappa shape index (κ3) is 4.09. The molecule has 45 heavy (non-hydrogen) atoms. The number of amides is 4. The van der Waals surface area contributed by atoms with Crippen LogP contribution in [0.4, 0.5) is 11.4 Å². The van der Waals surface area contributed by atoms with Gasteiger partial charge in [-0.15, -0.1) is 0 Å². The van der Waals surface area contributed by atoms with Crippen molar-refractivity contribution >= 4 is 57.0 Å². The summed E-state index contributed by atoms with van der Waals surface area (Å²) in [4.78, 5) is 59.4. The summed E-state index contributed by atoms with van der Waals surface area (Å²) < 4.78 is 6.11. The number of phenols is 1. The Morgan fingerprint density at radius 3 is 2.29 bits per heavy atom. The number of benzene rings is 3. The van der Waals surface area contributed by atoms with Gasteiger partial charge in [-0.1, -0.05) is 70.6 Å². The summed E-state index contributed by atoms with van der Waals surface area (Å²) in [7, 11) is 1.45. The maximum atomic E-state index is 14.5. The number of methoxy groups -OCH3 is 1. The van der Waals surface area contributed by atoms with Gasteiger partial charge in [0.05, 0.1) is 41.7 Å². The van der Waals surface area contributed by atoms with E-state index < -0.39 is 35.0 Å². The van der Waals surface area contributed by atoms with E-state index in [0.29, 0.717) is 27.8 Å². The topological polar surface area (TPSA) is 104 Å². The summed E-state index contributed by atoms with van der Waals surface area (Å²) in [6, 6.07) is 19.3. The number of ether oxygens (including phenoxy) is 1. The van der Waals surface area contributed by atoms with Gasteiger partial charge in [0.15, 0.2) is 11.5 Å². The van der Waals surface area contributed by atoms with Crippen molar-refractivity contribution in [1.82, 2.24) is 0 Å². The lowest BCUT2D eigenvalue weighted by atomic mass is 9.51. The van der Waals surface area contributed by atoms with Gasteiger partial charge in [-0.25, -0.2) is 4.90 Å². The molecule has 3 aromatic carbocycles. The molecule has 2 aliphatic heterocycles. The van der Waals surface area contributed by atoms with Crippen molar-refractivity contribution in [2.75, 3.05) is 16.9 Å². The first-order chi connectivity index (χ1) is 21.6. The van der Waals surface area contributed by atoms with Gasteiger partial charge in [-0.2, -0.15) is 0 Å². The van der Waals surface area contributed by atoms with Crippen LogP contribution in [-0.2, 0) is 19.2 Å². The highest BCUT2D eigenvalue weighted by atomic mass is 79.9. The number of allylic oxidation sites excluding steroid dienone is 2. The van der Waals surface area contributed by atoms with E-state index in [0.717, 1.165) is 11.1 Å². The van der Waals surface area contributed by atoms with Gasteiger partial charge in [0.2, 0.25) is 23.6 Å². The lowest BCUT2D eigenvalue weighted by molar-refractivity contribution is -0.131. The molecule has 7 rings (SSSR count). The lowest BCUT2D eigenvalue weighted by Gasteiger charge is -2.49. The minimum absolute atomic E-state index is 0.134. The fourth-order valence-corrected chi connectivity index (χ4v) is 8.62. The summed E-state index contributed by atoms with van der Waals surface area (Å²) in [5.74, 6) is -4.61. The van der Waals surface area contributed by atoms with Crippen molar-refractivity contribution in [3.05, 3.63) is 101 Å². The number of fused-ring (bicyclic) bond motifs is 4. The second kappa shape index (κ2) is 10.5. The first kappa shape index (κ1) is 29.2. The molecule has 1 N–H and O–H groups in total. The van der Waals surface area contributed by atoms with Crippen LogP contribution in [0.25, 0.3) is 6.08 Å². The number of rotatable bonds is 5. The van der Waals surface area contributed by atoms with Crippen molar-refractivity contribution in [2.45, 2.75) is 25.7 Å². The minimum Gasteiger partial charge on any atom is -0.504 e. The Labute approximate surface area is 269 Å². The molecule has 2 heterocycles. The highest BCUT2D eigenvalue weighted by Gasteiger charge is 2.68. The van der Waals surface area contributed by atoms with Crippen molar-refractivity contribution in [1.29, 1.82) is 0 Å². The van der Waals surface area contributed by atoms with Gasteiger partial charge in [0.1, 0.15) is 0 Å². The largest absolute Gasteiger partial charge is 0.504 e. The third-order valence-corrected chi connectivity index (χ3v) is 10.7. The Hall–Kier alpha value is -4.50. The first-order valence-corrected chi connectivity index (χ1v) is 15.7. The van der Waals surface area contributed by atoms with E-state index in [1.165, 1.54) is 16.9 Å². The van der Waals surface area contributed by atoms with E-state index >= 15 is 0 Å². The molecule has 0 radical (unpaired) electrons. The highest BCUT2D eigenvalue weighted by Crippen LogP contribution is 2.65. The Morgan fingerprint density at radius 2 is 1.62 bits per heavy atom. The highest BCUT2D eigenvalue weighted by molar-refractivity contribution is 9.10. The normalized spacial score (nSPS) is 28.9. The van der Waals surface area contributed by atoms with Gasteiger partial charge in [0.25, 0.3) is 0 Å². The number of anilines is 2. The number of halogens is 1. The number of phenolic OH excluding ortho intramolecular Hbond substituents is 1. The van der Waals surface area contributed by atoms with E-state index in [2.05, 4.69) is 22.5 Å². The van der Waals surface area contributed by atoms with Crippen molar-refractivity contribution in [2.24, 2.45) is 29.1 Å². The Kier molecular flexibility index (Phi) is 6.85. The second-order valence-corrected chi connectivity index (χ2v) is 13.3. The summed E-state index contributed by atoms with van der Waals surface area (Å²) in [5.41, 5.74) is 1.75. The third-order valence-electron chi connectivity index (χ3n) is 10.3. The molecule has 1 saturated carbocycles. The molecule has 6 atom stereocenters. The SMILES string of the molecule is C=Cc1ccc(N2C(=O)[C@H]3[C@H](CC=C4[C@H]3C[C@H]3C(=O)N(c5ccccc5)C(=O)[C@@]3(C)[C@H]4c3cc(Br)cc(OC)c3O)C2=O)cc1. The molecule has 3 fully saturated rings. The standard InChI is InChI=1S/C36H31BrN2O6/c1-4-19-10-12-22(13-11-19)38-32(41)24-15-14-23-25(29(24)34(38)43)18-27-33(42)39(21-8-6-5-7-9-21)35(44)36(27,2)30(23)26-16-20(37)17-28(45-3)31(26)40/h4-14,16-17,24-25,27,29-30,40H,1,15,18H2,2-3H3/t24-,25+,27-,29-,30+,36+/m0/s1. The fraction of sp³-hybridized carbons (Fsp3) is 0.278. The van der Waals surface area contributed by atoms with Crippen LogP contribution in [0.1, 0.15) is 36.8 Å². The zero-order chi connectivity index (χ0) is 31.8. The van der Waals surface area contributed by atoms with E-state index in [1.54, 1.807) is 73.7 Å². The van der Waals surface area contributed by atoms with Gasteiger partial charge >= 0.3 is 0 Å². The van der Waals surface area contributed by atoms with E-state index in [1.807, 2.05) is 12.1 Å². The molecule has 2 saturated heterocycles. The molecule has 4 amide bonds. The van der Waals surface area contributed by atoms with Crippen LogP contribution in [-0.4, -0.2) is 35.8 Å². The number of para-hydroxylation sites is 1. The lowest BCUT2D eigenvalue weighted by Crippen LogP contribution is -2.49. The van der Waals surface area contributed by atoms with Crippen LogP contribution >= 0.6 is 15.9 Å². The number of carbonyl (C=O) groups excluding carboxylic acids is 4. The van der Waals surface area contributed by atoms with Crippen LogP contribution in [0, 0.1) is 29.1 Å². The summed E-state index contributed by atoms with van der Waals surface area (Å²) >= 11 is 3.53. The quantitative estimate of drug-likeness (QED) is 0.255. The fourth-order valence-electron chi connectivity index (χ4n) is 8.17. The van der Waals surface area contributed by atoms with Gasteiger partial charge < -0.3 is 9.84 Å². The zero-order valence-electron chi connectivity index (χ0n) is 24.8. The molecule has 3 aromatic rings. The van der Waals surface area contributed by atoms with Crippen molar-refractivity contribution in [3.63, 3.8) is 0 Å². The molecule has 0 aromatic heterocycles. The molecular formula is C36H31BrN2O6. The molecule has 8 nitrogen and oxygen atoms in total. The summed E-state index contributed by atoms with van der Waals surface area (Å²) in [5, 5.41) is 11.5. The predicted molar refractivity (Wildman–Crippen MR) is 172 cm³/mol. The molecule has 2 aliphatic carbocycles. The van der Waals surface area contributed by atoms with Crippen LogP contribution in [0.3, 0.4) is 0 Å². The molecule has 228 valence electrons. The molecule has 0 bridgehead atoms. The first-order valence-electron chi connectivity index (χ1n) is 14.9. The average Bonchev–Trinajstić information content (AvgIpc) is 3.42. The second-order valence-electron chi connectivity index (χ2n) is 12.4. The number of imide groups is 2. The number of carbonyl (C=O) groups is 4. The van der Waals surface area contributed by atoms with Gasteiger partial charge in [-0.05, 0) is 67.6 Å². The van der Waals surface area contributed by atoms with Gasteiger partial charge in [-0.3, -0.25) is 24.1 Å². The maximum absolute atomic E-state index is 14.5. The Bertz CT molecular complexity index is 1820. The summed E-state index contributed by atoms with van der Waals surface area (Å²) in [6.07, 6.45) is 4.18. The number of hydrogen-bond donors (Lipinski definition) is 1. The smallest absolute Gasteiger partial charge is 0.241 e. The Morgan fingerprint density at radius 1 is 0.933 bits per heavy atom. The predicted octanol–water partition coefficient (Wildman–Crippen LogP) is 6.24.